The van der Waals surface area contributed by atoms with E-state index in [0.717, 1.165) is 32.2 Å². The van der Waals surface area contributed by atoms with Crippen LogP contribution in [0, 0.1) is 11.3 Å². The van der Waals surface area contributed by atoms with Crippen LogP contribution in [0.1, 0.15) is 73.8 Å². The van der Waals surface area contributed by atoms with Crippen LogP contribution < -0.4 is 43.0 Å². The molecule has 0 aliphatic carbocycles. The SMILES string of the molecule is N#CCC(=O)N[C@@H]1CCCN(c2nnc(C(N)=O)c(Nc3ccc(C(=O)N4CCOCC4)cc3)n2)C1.NC(=O)c1nnc(N2CCC[C@@H](N)C2)nc1Nc1ccc(C(=O)N2CCOCC2)cc1. The van der Waals surface area contributed by atoms with Crippen molar-refractivity contribution in [2.24, 2.45) is 17.2 Å². The predicted octanol–water partition coefficient (Wildman–Crippen LogP) is 0.299. The second kappa shape index (κ2) is 22.5. The predicted molar refractivity (Wildman–Crippen MR) is 243 cm³/mol. The topological polar surface area (TPSA) is 332 Å². The summed E-state index contributed by atoms with van der Waals surface area (Å²) in [6, 6.07) is 15.5. The number of carbonyl (C=O) groups is 5. The molecular weight excluding hydrogens is 867 g/mol. The molecule has 2 aromatic heterocycles. The molecule has 0 spiro atoms. The maximum atomic E-state index is 12.7. The Labute approximate surface area is 385 Å². The first-order valence-electron chi connectivity index (χ1n) is 21.9. The third-order valence-electron chi connectivity index (χ3n) is 11.3. The highest BCUT2D eigenvalue weighted by atomic mass is 16.5. The molecule has 24 nitrogen and oxygen atoms in total. The lowest BCUT2D eigenvalue weighted by molar-refractivity contribution is -0.120. The van der Waals surface area contributed by atoms with Crippen LogP contribution in [0.4, 0.5) is 34.9 Å². The smallest absolute Gasteiger partial charge is 0.273 e. The molecule has 4 aromatic rings. The highest BCUT2D eigenvalue weighted by Gasteiger charge is 2.27. The van der Waals surface area contributed by atoms with Gasteiger partial charge in [0, 0.05) is 86.9 Å². The number of nitriles is 1. The van der Waals surface area contributed by atoms with Gasteiger partial charge in [-0.1, -0.05) is 0 Å². The molecule has 2 atom stereocenters. The van der Waals surface area contributed by atoms with Crippen LogP contribution in [0.3, 0.4) is 0 Å². The number of carbonyl (C=O) groups excluding carboxylic acids is 5. The zero-order valence-corrected chi connectivity index (χ0v) is 36.8. The number of nitrogens with one attached hydrogen (secondary N) is 3. The van der Waals surface area contributed by atoms with Gasteiger partial charge in [0.15, 0.2) is 23.0 Å². The average molecular weight is 920 g/mol. The largest absolute Gasteiger partial charge is 0.378 e. The molecule has 352 valence electrons. The number of anilines is 6. The van der Waals surface area contributed by atoms with Crippen molar-refractivity contribution < 1.29 is 33.4 Å². The number of nitrogens with two attached hydrogens (primary N) is 3. The first-order valence-corrected chi connectivity index (χ1v) is 21.9. The van der Waals surface area contributed by atoms with Gasteiger partial charge in [-0.05, 0) is 74.2 Å². The number of primary amides is 2. The first kappa shape index (κ1) is 47.3. The quantitative estimate of drug-likeness (QED) is 0.111. The molecule has 0 saturated carbocycles. The Balaban J connectivity index is 0.000000201. The summed E-state index contributed by atoms with van der Waals surface area (Å²) >= 11 is 0. The van der Waals surface area contributed by atoms with E-state index in [4.69, 9.17) is 31.9 Å². The highest BCUT2D eigenvalue weighted by Crippen LogP contribution is 2.25. The maximum Gasteiger partial charge on any atom is 0.273 e. The fourth-order valence-corrected chi connectivity index (χ4v) is 7.79. The summed E-state index contributed by atoms with van der Waals surface area (Å²) in [6.07, 6.45) is 3.22. The van der Waals surface area contributed by atoms with Crippen LogP contribution >= 0.6 is 0 Å². The lowest BCUT2D eigenvalue weighted by Gasteiger charge is -2.33. The van der Waals surface area contributed by atoms with E-state index >= 15 is 0 Å². The second-order valence-electron chi connectivity index (χ2n) is 16.1. The molecule has 24 heteroatoms. The molecule has 9 N–H and O–H groups in total. The third kappa shape index (κ3) is 12.6. The van der Waals surface area contributed by atoms with Crippen LogP contribution in [0.15, 0.2) is 48.5 Å². The number of piperidine rings is 2. The number of amides is 5. The number of aromatic nitrogens is 6. The lowest BCUT2D eigenvalue weighted by Crippen LogP contribution is -2.48. The Bertz CT molecular complexity index is 2440. The van der Waals surface area contributed by atoms with Gasteiger partial charge in [-0.3, -0.25) is 24.0 Å². The van der Waals surface area contributed by atoms with E-state index in [-0.39, 0.29) is 65.2 Å². The summed E-state index contributed by atoms with van der Waals surface area (Å²) < 4.78 is 10.6. The average Bonchev–Trinajstić information content (AvgIpc) is 3.35. The van der Waals surface area contributed by atoms with Gasteiger partial charge in [0.2, 0.25) is 17.8 Å². The third-order valence-corrected chi connectivity index (χ3v) is 11.3. The van der Waals surface area contributed by atoms with E-state index in [2.05, 4.69) is 46.3 Å². The molecule has 67 heavy (non-hydrogen) atoms. The van der Waals surface area contributed by atoms with Gasteiger partial charge in [-0.15, -0.1) is 20.4 Å². The van der Waals surface area contributed by atoms with Crippen molar-refractivity contribution in [3.8, 4) is 6.07 Å². The van der Waals surface area contributed by atoms with Crippen molar-refractivity contribution in [1.82, 2.24) is 45.5 Å². The van der Waals surface area contributed by atoms with Crippen molar-refractivity contribution in [3.05, 3.63) is 71.0 Å². The van der Waals surface area contributed by atoms with Gasteiger partial charge in [-0.2, -0.15) is 15.2 Å². The van der Waals surface area contributed by atoms with E-state index in [0.29, 0.717) is 101 Å². The number of hydrogen-bond donors (Lipinski definition) is 6. The van der Waals surface area contributed by atoms with Crippen molar-refractivity contribution >= 4 is 64.4 Å². The van der Waals surface area contributed by atoms with E-state index in [1.807, 2.05) is 15.9 Å². The summed E-state index contributed by atoms with van der Waals surface area (Å²) in [5, 5.41) is 33.7. The van der Waals surface area contributed by atoms with Gasteiger partial charge in [0.05, 0.1) is 32.5 Å². The van der Waals surface area contributed by atoms with E-state index in [1.165, 1.54) is 0 Å². The Kier molecular flexibility index (Phi) is 15.9. The van der Waals surface area contributed by atoms with E-state index in [1.54, 1.807) is 58.3 Å². The normalized spacial score (nSPS) is 18.4. The van der Waals surface area contributed by atoms with Gasteiger partial charge in [-0.25, -0.2) is 0 Å². The lowest BCUT2D eigenvalue weighted by atomic mass is 10.1. The Morgan fingerprint density at radius 1 is 0.642 bits per heavy atom. The van der Waals surface area contributed by atoms with Crippen LogP contribution in [0.2, 0.25) is 0 Å². The fourth-order valence-electron chi connectivity index (χ4n) is 7.79. The summed E-state index contributed by atoms with van der Waals surface area (Å²) in [6.45, 7) is 6.87. The Morgan fingerprint density at radius 3 is 1.52 bits per heavy atom. The summed E-state index contributed by atoms with van der Waals surface area (Å²) in [5.41, 5.74) is 19.1. The number of ether oxygens (including phenoxy) is 2. The van der Waals surface area contributed by atoms with Gasteiger partial charge < -0.3 is 62.2 Å². The van der Waals surface area contributed by atoms with Crippen LogP contribution in [-0.4, -0.2) is 161 Å². The summed E-state index contributed by atoms with van der Waals surface area (Å²) in [7, 11) is 0. The highest BCUT2D eigenvalue weighted by molar-refractivity contribution is 5.98. The molecule has 0 bridgehead atoms. The Hall–Kier alpha value is -7.62. The second-order valence-corrected chi connectivity index (χ2v) is 16.1. The minimum Gasteiger partial charge on any atom is -0.378 e. The number of benzene rings is 2. The van der Waals surface area contributed by atoms with Crippen molar-refractivity contribution in [1.29, 1.82) is 5.26 Å². The monoisotopic (exact) mass is 919 g/mol. The number of rotatable bonds is 12. The molecule has 2 aromatic carbocycles. The van der Waals surface area contributed by atoms with Crippen molar-refractivity contribution in [3.63, 3.8) is 0 Å². The molecule has 4 aliphatic rings. The van der Waals surface area contributed by atoms with Gasteiger partial charge in [0.1, 0.15) is 6.42 Å². The molecule has 0 radical (unpaired) electrons. The zero-order valence-electron chi connectivity index (χ0n) is 36.8. The van der Waals surface area contributed by atoms with Crippen molar-refractivity contribution in [2.45, 2.75) is 44.2 Å². The molecule has 8 rings (SSSR count). The zero-order chi connectivity index (χ0) is 47.3. The molecule has 4 saturated heterocycles. The van der Waals surface area contributed by atoms with Gasteiger partial charge >= 0.3 is 0 Å². The fraction of sp³-hybridized carbons (Fsp3) is 0.442. The van der Waals surface area contributed by atoms with E-state index < -0.39 is 11.8 Å². The summed E-state index contributed by atoms with van der Waals surface area (Å²) in [4.78, 5) is 77.1. The van der Waals surface area contributed by atoms with Gasteiger partial charge in [0.25, 0.3) is 23.6 Å². The van der Waals surface area contributed by atoms with Crippen LogP contribution in [0.25, 0.3) is 0 Å². The molecule has 4 fully saturated rings. The van der Waals surface area contributed by atoms with Crippen LogP contribution in [-0.2, 0) is 14.3 Å². The molecule has 6 heterocycles. The van der Waals surface area contributed by atoms with E-state index in [9.17, 15) is 24.0 Å². The number of nitrogens with zero attached hydrogens (tertiary/aromatic N) is 11. The number of morpholine rings is 2. The van der Waals surface area contributed by atoms with Crippen molar-refractivity contribution in [2.75, 3.05) is 99.2 Å². The first-order chi connectivity index (χ1) is 32.4. The minimum absolute atomic E-state index is 0.0416. The standard InChI is InChI=1S/C23H27N9O4.C20H26N8O3/c24-8-7-18(33)26-17-2-1-9-32(14-17)23-28-21(19(20(25)34)29-30-23)27-16-5-3-15(4-6-16)22(35)31-10-12-36-13-11-31;21-14-2-1-7-28(12-14)20-24-18(16(17(22)29)25-26-20)23-15-5-3-13(4-6-15)19(30)27-8-10-31-11-9-27/h3-6,17H,1-2,7,9-14H2,(H2,25,34)(H,26,33)(H,27,28,30);3-6,14H,1-2,7-12,21H2,(H2,22,29)(H,23,24,26)/t17-;14-/m11/s1. The Morgan fingerprint density at radius 2 is 1.09 bits per heavy atom. The number of hydrogen-bond acceptors (Lipinski definition) is 19. The minimum atomic E-state index is -0.788. The maximum absolute atomic E-state index is 12.7. The summed E-state index contributed by atoms with van der Waals surface area (Å²) in [5.74, 6) is -0.950. The molecular formula is C43H53N17O7. The molecule has 0 unspecified atom stereocenters. The molecule has 4 aliphatic heterocycles. The van der Waals surface area contributed by atoms with Crippen LogP contribution in [0.5, 0.6) is 0 Å². The molecule has 5 amide bonds.